The van der Waals surface area contributed by atoms with E-state index in [4.69, 9.17) is 34.8 Å². The fourth-order valence-electron chi connectivity index (χ4n) is 3.42. The molecule has 0 spiro atoms. The maximum atomic E-state index is 13.2. The average Bonchev–Trinajstić information content (AvgIpc) is 2.96. The first-order valence-corrected chi connectivity index (χ1v) is 14.0. The Morgan fingerprint density at radius 3 is 2.08 bits per heavy atom. The van der Waals surface area contributed by atoms with E-state index in [2.05, 4.69) is 16.0 Å². The van der Waals surface area contributed by atoms with E-state index >= 15 is 0 Å². The molecule has 40 heavy (non-hydrogen) atoms. The second-order valence-corrected chi connectivity index (χ2v) is 10.7. The van der Waals surface area contributed by atoms with Gasteiger partial charge in [0, 0.05) is 26.9 Å². The van der Waals surface area contributed by atoms with E-state index in [1.54, 1.807) is 103 Å². The molecule has 0 aliphatic rings. The third-order valence-corrected chi connectivity index (χ3v) is 7.40. The molecule has 0 radical (unpaired) electrons. The van der Waals surface area contributed by atoms with Crippen LogP contribution in [0.1, 0.15) is 15.9 Å². The van der Waals surface area contributed by atoms with Crippen LogP contribution in [-0.4, -0.2) is 23.5 Å². The average molecular weight is 611 g/mol. The van der Waals surface area contributed by atoms with E-state index in [-0.39, 0.29) is 17.4 Å². The van der Waals surface area contributed by atoms with Gasteiger partial charge in [0.1, 0.15) is 5.70 Å². The summed E-state index contributed by atoms with van der Waals surface area (Å²) in [5.74, 6) is -0.944. The van der Waals surface area contributed by atoms with Crippen LogP contribution in [0.5, 0.6) is 0 Å². The van der Waals surface area contributed by atoms with E-state index < -0.39 is 11.8 Å². The Kier molecular flexibility index (Phi) is 10.3. The Morgan fingerprint density at radius 2 is 1.40 bits per heavy atom. The van der Waals surface area contributed by atoms with Crippen LogP contribution < -0.4 is 16.0 Å². The van der Waals surface area contributed by atoms with Gasteiger partial charge in [0.05, 0.1) is 15.8 Å². The molecule has 0 bridgehead atoms. The standard InChI is InChI=1S/C30H22Cl3N3O3S/c31-21-8-6-19(7-9-21)16-27(36-29(38)20-4-2-1-3-5-20)30(39)35-22-10-13-24(14-11-22)40-18-28(37)34-23-12-15-25(32)26(33)17-23/h1-17H,18H2,(H,34,37)(H,35,39)(H,36,38)/b27-16-. The molecular weight excluding hydrogens is 589 g/mol. The summed E-state index contributed by atoms with van der Waals surface area (Å²) in [6, 6.07) is 27.4. The second kappa shape index (κ2) is 14.1. The largest absolute Gasteiger partial charge is 0.325 e. The predicted molar refractivity (Wildman–Crippen MR) is 164 cm³/mol. The van der Waals surface area contributed by atoms with Crippen LogP contribution in [0.2, 0.25) is 15.1 Å². The SMILES string of the molecule is O=C(CSc1ccc(NC(=O)/C(=C/c2ccc(Cl)cc2)NC(=O)c2ccccc2)cc1)Nc1ccc(Cl)c(Cl)c1. The van der Waals surface area contributed by atoms with E-state index in [9.17, 15) is 14.4 Å². The van der Waals surface area contributed by atoms with Crippen LogP contribution in [0, 0.1) is 0 Å². The molecule has 0 aliphatic carbocycles. The van der Waals surface area contributed by atoms with Gasteiger partial charge in [-0.3, -0.25) is 14.4 Å². The highest BCUT2D eigenvalue weighted by molar-refractivity contribution is 8.00. The second-order valence-electron chi connectivity index (χ2n) is 8.37. The number of thioether (sulfide) groups is 1. The zero-order chi connectivity index (χ0) is 28.5. The normalized spacial score (nSPS) is 11.0. The molecule has 0 heterocycles. The zero-order valence-corrected chi connectivity index (χ0v) is 23.9. The fraction of sp³-hybridized carbons (Fsp3) is 0.0333. The molecule has 0 saturated carbocycles. The molecule has 0 aromatic heterocycles. The van der Waals surface area contributed by atoms with Gasteiger partial charge in [0.25, 0.3) is 11.8 Å². The van der Waals surface area contributed by atoms with Crippen molar-refractivity contribution in [2.75, 3.05) is 16.4 Å². The first kappa shape index (κ1) is 29.2. The summed E-state index contributed by atoms with van der Waals surface area (Å²) in [6.45, 7) is 0. The number of hydrogen-bond donors (Lipinski definition) is 3. The van der Waals surface area contributed by atoms with Crippen molar-refractivity contribution in [1.29, 1.82) is 0 Å². The maximum Gasteiger partial charge on any atom is 0.272 e. The van der Waals surface area contributed by atoms with Gasteiger partial charge < -0.3 is 16.0 Å². The minimum Gasteiger partial charge on any atom is -0.325 e. The quantitative estimate of drug-likeness (QED) is 0.133. The van der Waals surface area contributed by atoms with Gasteiger partial charge in [-0.15, -0.1) is 11.8 Å². The number of anilines is 2. The highest BCUT2D eigenvalue weighted by atomic mass is 35.5. The lowest BCUT2D eigenvalue weighted by molar-refractivity contribution is -0.114. The number of amides is 3. The van der Waals surface area contributed by atoms with E-state index in [0.29, 0.717) is 37.6 Å². The number of benzene rings is 4. The third-order valence-electron chi connectivity index (χ3n) is 5.40. The molecule has 6 nitrogen and oxygen atoms in total. The number of carbonyl (C=O) groups excluding carboxylic acids is 3. The van der Waals surface area contributed by atoms with Crippen LogP contribution in [0.15, 0.2) is 108 Å². The molecule has 202 valence electrons. The summed E-state index contributed by atoms with van der Waals surface area (Å²) < 4.78 is 0. The van der Waals surface area contributed by atoms with Crippen molar-refractivity contribution in [1.82, 2.24) is 5.32 Å². The van der Waals surface area contributed by atoms with E-state index in [1.807, 2.05) is 0 Å². The van der Waals surface area contributed by atoms with Crippen LogP contribution in [-0.2, 0) is 9.59 Å². The van der Waals surface area contributed by atoms with E-state index in [0.717, 1.165) is 4.90 Å². The molecule has 4 aromatic rings. The highest BCUT2D eigenvalue weighted by Crippen LogP contribution is 2.26. The van der Waals surface area contributed by atoms with Crippen LogP contribution in [0.4, 0.5) is 11.4 Å². The van der Waals surface area contributed by atoms with Crippen LogP contribution >= 0.6 is 46.6 Å². The minimum absolute atomic E-state index is 0.0635. The van der Waals surface area contributed by atoms with Gasteiger partial charge in [-0.25, -0.2) is 0 Å². The Balaban J connectivity index is 1.39. The number of carbonyl (C=O) groups is 3. The Bertz CT molecular complexity index is 1540. The Hall–Kier alpha value is -3.75. The minimum atomic E-state index is -0.499. The van der Waals surface area contributed by atoms with E-state index in [1.165, 1.54) is 11.8 Å². The first-order chi connectivity index (χ1) is 19.3. The van der Waals surface area contributed by atoms with Gasteiger partial charge in [0.15, 0.2) is 0 Å². The van der Waals surface area contributed by atoms with Gasteiger partial charge >= 0.3 is 0 Å². The van der Waals surface area contributed by atoms with Crippen molar-refractivity contribution in [3.8, 4) is 0 Å². The van der Waals surface area contributed by atoms with Crippen molar-refractivity contribution < 1.29 is 14.4 Å². The summed E-state index contributed by atoms with van der Waals surface area (Å²) in [6.07, 6.45) is 1.57. The van der Waals surface area contributed by atoms with Crippen molar-refractivity contribution >= 4 is 81.7 Å². The van der Waals surface area contributed by atoms with Gasteiger partial charge in [-0.2, -0.15) is 0 Å². The number of nitrogens with one attached hydrogen (secondary N) is 3. The molecule has 4 rings (SSSR count). The number of rotatable bonds is 9. The third kappa shape index (κ3) is 8.63. The summed E-state index contributed by atoms with van der Waals surface area (Å²) >= 11 is 19.2. The summed E-state index contributed by atoms with van der Waals surface area (Å²) in [5, 5.41) is 9.60. The topological polar surface area (TPSA) is 87.3 Å². The van der Waals surface area contributed by atoms with Gasteiger partial charge in [0.2, 0.25) is 5.91 Å². The molecule has 4 aromatic carbocycles. The van der Waals surface area contributed by atoms with Crippen LogP contribution in [0.25, 0.3) is 6.08 Å². The molecule has 3 N–H and O–H groups in total. The lowest BCUT2D eigenvalue weighted by Gasteiger charge is -2.12. The zero-order valence-electron chi connectivity index (χ0n) is 20.8. The molecule has 0 aliphatic heterocycles. The molecule has 0 unspecified atom stereocenters. The smallest absolute Gasteiger partial charge is 0.272 e. The monoisotopic (exact) mass is 609 g/mol. The van der Waals surface area contributed by atoms with Crippen molar-refractivity contribution in [2.24, 2.45) is 0 Å². The molecule has 0 fully saturated rings. The predicted octanol–water partition coefficient (Wildman–Crippen LogP) is 7.79. The molecule has 0 atom stereocenters. The van der Waals surface area contributed by atoms with Gasteiger partial charge in [-0.1, -0.05) is 65.1 Å². The summed E-state index contributed by atoms with van der Waals surface area (Å²) in [5.41, 5.74) is 2.25. The molecule has 3 amide bonds. The molecule has 0 saturated heterocycles. The molecular formula is C30H22Cl3N3O3S. The summed E-state index contributed by atoms with van der Waals surface area (Å²) in [7, 11) is 0. The summed E-state index contributed by atoms with van der Waals surface area (Å²) in [4.78, 5) is 39.1. The Labute approximate surface area is 250 Å². The van der Waals surface area contributed by atoms with Crippen molar-refractivity contribution in [3.63, 3.8) is 0 Å². The van der Waals surface area contributed by atoms with Crippen LogP contribution in [0.3, 0.4) is 0 Å². The lowest BCUT2D eigenvalue weighted by Crippen LogP contribution is -2.30. The fourth-order valence-corrected chi connectivity index (χ4v) is 4.54. The number of hydrogen-bond acceptors (Lipinski definition) is 4. The first-order valence-electron chi connectivity index (χ1n) is 11.9. The molecule has 10 heteroatoms. The van der Waals surface area contributed by atoms with Crippen molar-refractivity contribution in [2.45, 2.75) is 4.90 Å². The highest BCUT2D eigenvalue weighted by Gasteiger charge is 2.15. The Morgan fingerprint density at radius 1 is 0.725 bits per heavy atom. The lowest BCUT2D eigenvalue weighted by atomic mass is 10.1. The number of halogens is 3. The van der Waals surface area contributed by atoms with Crippen molar-refractivity contribution in [3.05, 3.63) is 129 Å². The van der Waals surface area contributed by atoms with Gasteiger partial charge in [-0.05, 0) is 78.4 Å². The maximum absolute atomic E-state index is 13.2.